The second-order valence-corrected chi connectivity index (χ2v) is 3.69. The van der Waals surface area contributed by atoms with Crippen LogP contribution in [-0.4, -0.2) is 27.8 Å². The van der Waals surface area contributed by atoms with Gasteiger partial charge in [-0.3, -0.25) is 14.5 Å². The van der Waals surface area contributed by atoms with Crippen LogP contribution in [0.2, 0.25) is 0 Å². The fourth-order valence-corrected chi connectivity index (χ4v) is 1.66. The van der Waals surface area contributed by atoms with Crippen LogP contribution in [0.4, 0.5) is 5.82 Å². The lowest BCUT2D eigenvalue weighted by Gasteiger charge is -2.13. The van der Waals surface area contributed by atoms with E-state index in [1.165, 1.54) is 17.3 Å². The molecule has 0 bridgehead atoms. The third kappa shape index (κ3) is 1.63. The number of nitrogens with zero attached hydrogens (tertiary/aromatic N) is 2. The molecule has 14 heavy (non-hydrogen) atoms. The van der Waals surface area contributed by atoms with Gasteiger partial charge in [0.15, 0.2) is 0 Å². The number of alkyl halides is 1. The molecular formula is C8H8ClN3O2. The maximum absolute atomic E-state index is 11.4. The van der Waals surface area contributed by atoms with Crippen molar-refractivity contribution >= 4 is 23.3 Å². The van der Waals surface area contributed by atoms with Crippen molar-refractivity contribution in [2.45, 2.75) is 11.8 Å². The molecule has 0 aliphatic carbocycles. The van der Waals surface area contributed by atoms with E-state index in [1.54, 1.807) is 0 Å². The summed E-state index contributed by atoms with van der Waals surface area (Å²) in [5.74, 6) is 0.269. The summed E-state index contributed by atoms with van der Waals surface area (Å²) in [6, 6.07) is 1.28. The normalized spacial score (nSPS) is 21.6. The van der Waals surface area contributed by atoms with Gasteiger partial charge in [0.05, 0.1) is 11.7 Å². The summed E-state index contributed by atoms with van der Waals surface area (Å²) in [6.07, 6.45) is 1.57. The summed E-state index contributed by atoms with van der Waals surface area (Å²) >= 11 is 5.82. The van der Waals surface area contributed by atoms with Crippen LogP contribution < -0.4 is 10.5 Å². The number of hydrogen-bond acceptors (Lipinski definition) is 3. The van der Waals surface area contributed by atoms with Crippen molar-refractivity contribution in [2.75, 3.05) is 11.4 Å². The quantitative estimate of drug-likeness (QED) is 0.674. The van der Waals surface area contributed by atoms with Gasteiger partial charge in [-0.2, -0.15) is 0 Å². The molecule has 1 fully saturated rings. The Morgan fingerprint density at radius 1 is 1.57 bits per heavy atom. The highest BCUT2D eigenvalue weighted by Gasteiger charge is 2.29. The van der Waals surface area contributed by atoms with Gasteiger partial charge in [-0.15, -0.1) is 11.6 Å². The van der Waals surface area contributed by atoms with Gasteiger partial charge in [-0.05, 0) is 0 Å². The van der Waals surface area contributed by atoms with Crippen LogP contribution in [0.3, 0.4) is 0 Å². The molecule has 0 radical (unpaired) electrons. The molecular weight excluding hydrogens is 206 g/mol. The van der Waals surface area contributed by atoms with Gasteiger partial charge in [-0.1, -0.05) is 0 Å². The number of aromatic nitrogens is 2. The van der Waals surface area contributed by atoms with E-state index in [0.717, 1.165) is 0 Å². The topological polar surface area (TPSA) is 66.1 Å². The van der Waals surface area contributed by atoms with Gasteiger partial charge in [0, 0.05) is 19.0 Å². The third-order valence-corrected chi connectivity index (χ3v) is 2.31. The molecule has 6 heteroatoms. The highest BCUT2D eigenvalue weighted by molar-refractivity contribution is 6.24. The first kappa shape index (κ1) is 9.21. The minimum Gasteiger partial charge on any atom is -0.313 e. The summed E-state index contributed by atoms with van der Waals surface area (Å²) in [5, 5.41) is -0.191. The standard InChI is InChI=1S/C8H8ClN3O2/c9-5-1-8(14)12(3-5)6-2-7(13)11-4-10-6/h2,4-5H,1,3H2,(H,10,11,13). The summed E-state index contributed by atoms with van der Waals surface area (Å²) in [4.78, 5) is 30.1. The highest BCUT2D eigenvalue weighted by Crippen LogP contribution is 2.20. The summed E-state index contributed by atoms with van der Waals surface area (Å²) in [5.41, 5.74) is -0.277. The van der Waals surface area contributed by atoms with Crippen LogP contribution in [0.15, 0.2) is 17.2 Å². The first-order chi connectivity index (χ1) is 6.66. The molecule has 1 N–H and O–H groups in total. The molecule has 1 saturated heterocycles. The molecule has 0 aromatic carbocycles. The molecule has 1 amide bonds. The van der Waals surface area contributed by atoms with E-state index >= 15 is 0 Å². The molecule has 1 atom stereocenters. The van der Waals surface area contributed by atoms with Gasteiger partial charge < -0.3 is 4.98 Å². The van der Waals surface area contributed by atoms with E-state index in [2.05, 4.69) is 9.97 Å². The van der Waals surface area contributed by atoms with Crippen molar-refractivity contribution in [3.63, 3.8) is 0 Å². The lowest BCUT2D eigenvalue weighted by molar-refractivity contribution is -0.117. The average molecular weight is 214 g/mol. The lowest BCUT2D eigenvalue weighted by Crippen LogP contribution is -2.27. The van der Waals surface area contributed by atoms with Crippen molar-refractivity contribution in [3.8, 4) is 0 Å². The zero-order valence-electron chi connectivity index (χ0n) is 7.24. The first-order valence-electron chi connectivity index (χ1n) is 4.16. The minimum absolute atomic E-state index is 0.0944. The van der Waals surface area contributed by atoms with Crippen LogP contribution in [-0.2, 0) is 4.79 Å². The largest absolute Gasteiger partial charge is 0.313 e. The number of nitrogens with one attached hydrogen (secondary N) is 1. The number of carbonyl (C=O) groups excluding carboxylic acids is 1. The smallest absolute Gasteiger partial charge is 0.252 e. The van der Waals surface area contributed by atoms with Crippen molar-refractivity contribution in [1.82, 2.24) is 9.97 Å². The Bertz CT molecular complexity index is 417. The van der Waals surface area contributed by atoms with Gasteiger partial charge in [0.25, 0.3) is 5.56 Å². The van der Waals surface area contributed by atoms with Gasteiger partial charge >= 0.3 is 0 Å². The van der Waals surface area contributed by atoms with E-state index < -0.39 is 0 Å². The number of amides is 1. The van der Waals surface area contributed by atoms with E-state index in [4.69, 9.17) is 11.6 Å². The van der Waals surface area contributed by atoms with Gasteiger partial charge in [-0.25, -0.2) is 4.98 Å². The maximum atomic E-state index is 11.4. The molecule has 1 aromatic heterocycles. The SMILES string of the molecule is O=C1CC(Cl)CN1c1cc(=O)[nH]cn1. The Kier molecular flexibility index (Phi) is 2.25. The van der Waals surface area contributed by atoms with Crippen molar-refractivity contribution in [2.24, 2.45) is 0 Å². The van der Waals surface area contributed by atoms with Crippen LogP contribution in [0.5, 0.6) is 0 Å². The number of aromatic amines is 1. The average Bonchev–Trinajstić information content (AvgIpc) is 2.45. The Hall–Kier alpha value is -1.36. The van der Waals surface area contributed by atoms with Crippen molar-refractivity contribution in [1.29, 1.82) is 0 Å². The fourth-order valence-electron chi connectivity index (χ4n) is 1.39. The molecule has 5 nitrogen and oxygen atoms in total. The van der Waals surface area contributed by atoms with E-state index in [0.29, 0.717) is 18.8 Å². The molecule has 0 saturated carbocycles. The Morgan fingerprint density at radius 3 is 2.93 bits per heavy atom. The van der Waals surface area contributed by atoms with Gasteiger partial charge in [0.1, 0.15) is 5.82 Å². The fraction of sp³-hybridized carbons (Fsp3) is 0.375. The molecule has 2 rings (SSSR count). The third-order valence-electron chi connectivity index (χ3n) is 2.02. The predicted octanol–water partition coefficient (Wildman–Crippen LogP) is 0.114. The highest BCUT2D eigenvalue weighted by atomic mass is 35.5. The number of carbonyl (C=O) groups is 1. The summed E-state index contributed by atoms with van der Waals surface area (Å²) in [7, 11) is 0. The molecule has 74 valence electrons. The summed E-state index contributed by atoms with van der Waals surface area (Å²) in [6.45, 7) is 0.414. The lowest BCUT2D eigenvalue weighted by atomic mass is 10.4. The Labute approximate surface area is 84.7 Å². The Morgan fingerprint density at radius 2 is 2.36 bits per heavy atom. The number of hydrogen-bond donors (Lipinski definition) is 1. The number of rotatable bonds is 1. The molecule has 0 spiro atoms. The maximum Gasteiger partial charge on any atom is 0.252 e. The van der Waals surface area contributed by atoms with Crippen LogP contribution in [0, 0.1) is 0 Å². The van der Waals surface area contributed by atoms with Crippen LogP contribution in [0.25, 0.3) is 0 Å². The van der Waals surface area contributed by atoms with E-state index in [1.807, 2.05) is 0 Å². The van der Waals surface area contributed by atoms with Gasteiger partial charge in [0.2, 0.25) is 5.91 Å². The van der Waals surface area contributed by atoms with Crippen LogP contribution >= 0.6 is 11.6 Å². The Balaban J connectivity index is 2.32. The number of anilines is 1. The van der Waals surface area contributed by atoms with Crippen molar-refractivity contribution in [3.05, 3.63) is 22.7 Å². The van der Waals surface area contributed by atoms with E-state index in [-0.39, 0.29) is 16.8 Å². The molecule has 1 aliphatic heterocycles. The zero-order valence-corrected chi connectivity index (χ0v) is 7.99. The first-order valence-corrected chi connectivity index (χ1v) is 4.59. The number of halogens is 1. The zero-order chi connectivity index (χ0) is 10.1. The molecule has 1 aromatic rings. The monoisotopic (exact) mass is 213 g/mol. The second-order valence-electron chi connectivity index (χ2n) is 3.08. The second kappa shape index (κ2) is 3.42. The number of H-pyrrole nitrogens is 1. The van der Waals surface area contributed by atoms with Crippen molar-refractivity contribution < 1.29 is 4.79 Å². The molecule has 1 aliphatic rings. The van der Waals surface area contributed by atoms with Crippen LogP contribution in [0.1, 0.15) is 6.42 Å². The summed E-state index contributed by atoms with van der Waals surface area (Å²) < 4.78 is 0. The predicted molar refractivity (Wildman–Crippen MR) is 51.5 cm³/mol. The minimum atomic E-state index is -0.277. The molecule has 1 unspecified atom stereocenters. The van der Waals surface area contributed by atoms with E-state index in [9.17, 15) is 9.59 Å². The molecule has 2 heterocycles.